The van der Waals surface area contributed by atoms with Crippen LogP contribution in [0.15, 0.2) is 41.3 Å². The maximum Gasteiger partial charge on any atom is 0.449 e. The summed E-state index contributed by atoms with van der Waals surface area (Å²) in [7, 11) is 0. The number of benzene rings is 1. The summed E-state index contributed by atoms with van der Waals surface area (Å²) in [5.74, 6) is 0.147. The molecule has 7 nitrogen and oxygen atoms in total. The minimum atomic E-state index is -4.67. The van der Waals surface area contributed by atoms with Crippen LogP contribution in [-0.2, 0) is 25.7 Å². The van der Waals surface area contributed by atoms with E-state index in [9.17, 15) is 18.0 Å². The smallest absolute Gasteiger partial charge is 0.449 e. The second-order valence-corrected chi connectivity index (χ2v) is 7.42. The zero-order valence-electron chi connectivity index (χ0n) is 16.2. The Morgan fingerprint density at radius 1 is 1.13 bits per heavy atom. The zero-order valence-corrected chi connectivity index (χ0v) is 16.2. The van der Waals surface area contributed by atoms with E-state index < -0.39 is 17.6 Å². The third kappa shape index (κ3) is 3.86. The van der Waals surface area contributed by atoms with Gasteiger partial charge >= 0.3 is 6.18 Å². The standard InChI is InChI=1S/C21H17F3N4O3/c22-21(23,24)20-26-16-5-6-28(10-14(16)19(29)27-20)9-12-1-3-15(25-8-12)13-2-4-17-18(7-13)31-11-30-17/h1-4,7-8H,5-6,9-11H2,(H,26,27,29). The van der Waals surface area contributed by atoms with Gasteiger partial charge in [-0.3, -0.25) is 14.7 Å². The van der Waals surface area contributed by atoms with E-state index in [2.05, 4.69) is 9.97 Å². The first kappa shape index (κ1) is 19.6. The first-order valence-corrected chi connectivity index (χ1v) is 9.63. The summed E-state index contributed by atoms with van der Waals surface area (Å²) in [6, 6.07) is 9.46. The Bertz CT molecular complexity index is 1190. The molecule has 2 aliphatic heterocycles. The van der Waals surface area contributed by atoms with E-state index in [0.717, 1.165) is 16.8 Å². The molecular weight excluding hydrogens is 413 g/mol. The van der Waals surface area contributed by atoms with Crippen LogP contribution in [0.25, 0.3) is 11.3 Å². The molecule has 2 aliphatic rings. The highest BCUT2D eigenvalue weighted by atomic mass is 19.4. The van der Waals surface area contributed by atoms with Crippen molar-refractivity contribution >= 4 is 0 Å². The first-order valence-electron chi connectivity index (χ1n) is 9.63. The number of fused-ring (bicyclic) bond motifs is 2. The van der Waals surface area contributed by atoms with Crippen LogP contribution < -0.4 is 15.0 Å². The maximum absolute atomic E-state index is 12.9. The number of ether oxygens (including phenoxy) is 2. The van der Waals surface area contributed by atoms with Crippen molar-refractivity contribution in [3.63, 3.8) is 0 Å². The van der Waals surface area contributed by atoms with Gasteiger partial charge in [0.25, 0.3) is 5.56 Å². The van der Waals surface area contributed by atoms with Crippen molar-refractivity contribution in [2.75, 3.05) is 13.3 Å². The first-order chi connectivity index (χ1) is 14.9. The van der Waals surface area contributed by atoms with Gasteiger partial charge in [-0.15, -0.1) is 0 Å². The molecule has 1 aromatic carbocycles. The second kappa shape index (κ2) is 7.38. The third-order valence-electron chi connectivity index (χ3n) is 5.32. The van der Waals surface area contributed by atoms with Crippen LogP contribution in [0.4, 0.5) is 13.2 Å². The van der Waals surface area contributed by atoms with Gasteiger partial charge in [0, 0.05) is 37.8 Å². The van der Waals surface area contributed by atoms with Crippen LogP contribution in [0.5, 0.6) is 11.5 Å². The molecule has 4 heterocycles. The van der Waals surface area contributed by atoms with Gasteiger partial charge < -0.3 is 14.5 Å². The lowest BCUT2D eigenvalue weighted by Crippen LogP contribution is -2.36. The Kier molecular flexibility index (Phi) is 4.66. The Labute approximate surface area is 174 Å². The molecule has 0 saturated heterocycles. The summed E-state index contributed by atoms with van der Waals surface area (Å²) in [6.07, 6.45) is -2.63. The number of hydrogen-bond donors (Lipinski definition) is 1. The number of rotatable bonds is 3. The van der Waals surface area contributed by atoms with E-state index in [1.165, 1.54) is 0 Å². The number of halogens is 3. The fourth-order valence-electron chi connectivity index (χ4n) is 3.75. The van der Waals surface area contributed by atoms with Gasteiger partial charge in [0.15, 0.2) is 11.5 Å². The van der Waals surface area contributed by atoms with Crippen LogP contribution >= 0.6 is 0 Å². The summed E-state index contributed by atoms with van der Waals surface area (Å²) in [5.41, 5.74) is 2.38. The molecule has 0 spiro atoms. The fourth-order valence-corrected chi connectivity index (χ4v) is 3.75. The van der Waals surface area contributed by atoms with E-state index in [1.54, 1.807) is 6.20 Å². The van der Waals surface area contributed by atoms with E-state index in [1.807, 2.05) is 40.2 Å². The van der Waals surface area contributed by atoms with E-state index >= 15 is 0 Å². The van der Waals surface area contributed by atoms with Crippen molar-refractivity contribution in [1.82, 2.24) is 19.9 Å². The Morgan fingerprint density at radius 3 is 2.74 bits per heavy atom. The number of aromatic nitrogens is 3. The van der Waals surface area contributed by atoms with Gasteiger partial charge in [0.05, 0.1) is 17.0 Å². The summed E-state index contributed by atoms with van der Waals surface area (Å²) in [5, 5.41) is 0. The number of aromatic amines is 1. The Morgan fingerprint density at radius 2 is 1.97 bits per heavy atom. The molecule has 0 bridgehead atoms. The second-order valence-electron chi connectivity index (χ2n) is 7.42. The Hall–Kier alpha value is -3.40. The molecule has 0 fully saturated rings. The topological polar surface area (TPSA) is 80.3 Å². The number of hydrogen-bond acceptors (Lipinski definition) is 6. The van der Waals surface area contributed by atoms with Crippen molar-refractivity contribution < 1.29 is 22.6 Å². The van der Waals surface area contributed by atoms with Gasteiger partial charge in [0.1, 0.15) is 0 Å². The highest BCUT2D eigenvalue weighted by Crippen LogP contribution is 2.35. The number of alkyl halides is 3. The van der Waals surface area contributed by atoms with Gasteiger partial charge in [0.2, 0.25) is 12.6 Å². The molecule has 0 atom stereocenters. The molecule has 3 aromatic rings. The lowest BCUT2D eigenvalue weighted by Gasteiger charge is -2.27. The molecule has 5 rings (SSSR count). The van der Waals surface area contributed by atoms with Gasteiger partial charge in [-0.25, -0.2) is 4.98 Å². The van der Waals surface area contributed by atoms with Crippen molar-refractivity contribution in [2.45, 2.75) is 25.7 Å². The van der Waals surface area contributed by atoms with Crippen LogP contribution in [0.2, 0.25) is 0 Å². The summed E-state index contributed by atoms with van der Waals surface area (Å²) in [6.45, 7) is 1.47. The lowest BCUT2D eigenvalue weighted by molar-refractivity contribution is -0.145. The highest BCUT2D eigenvalue weighted by Gasteiger charge is 2.36. The van der Waals surface area contributed by atoms with E-state index in [-0.39, 0.29) is 31.0 Å². The van der Waals surface area contributed by atoms with E-state index in [4.69, 9.17) is 9.47 Å². The molecular formula is C21H17F3N4O3. The van der Waals surface area contributed by atoms with Crippen LogP contribution in [-0.4, -0.2) is 33.2 Å². The highest BCUT2D eigenvalue weighted by molar-refractivity contribution is 5.64. The van der Waals surface area contributed by atoms with Crippen LogP contribution in [0.1, 0.15) is 22.6 Å². The van der Waals surface area contributed by atoms with Crippen LogP contribution in [0, 0.1) is 0 Å². The molecule has 31 heavy (non-hydrogen) atoms. The molecule has 2 aromatic heterocycles. The zero-order chi connectivity index (χ0) is 21.6. The van der Waals surface area contributed by atoms with Crippen molar-refractivity contribution in [3.05, 3.63) is 69.5 Å². The Balaban J connectivity index is 1.30. The predicted molar refractivity (Wildman–Crippen MR) is 103 cm³/mol. The third-order valence-corrected chi connectivity index (χ3v) is 5.32. The van der Waals surface area contributed by atoms with Gasteiger partial charge in [-0.05, 0) is 29.8 Å². The largest absolute Gasteiger partial charge is 0.454 e. The van der Waals surface area contributed by atoms with Crippen molar-refractivity contribution in [2.24, 2.45) is 0 Å². The van der Waals surface area contributed by atoms with Crippen molar-refractivity contribution in [1.29, 1.82) is 0 Å². The summed E-state index contributed by atoms with van der Waals surface area (Å²) >= 11 is 0. The summed E-state index contributed by atoms with van der Waals surface area (Å²) in [4.78, 5) is 24.1. The maximum atomic E-state index is 12.9. The molecule has 0 amide bonds. The molecule has 160 valence electrons. The molecule has 0 saturated carbocycles. The minimum absolute atomic E-state index is 0.208. The lowest BCUT2D eigenvalue weighted by atomic mass is 10.1. The summed E-state index contributed by atoms with van der Waals surface area (Å²) < 4.78 is 49.3. The number of nitrogens with one attached hydrogen (secondary N) is 1. The van der Waals surface area contributed by atoms with E-state index in [0.29, 0.717) is 24.6 Å². The SMILES string of the molecule is O=c1[nH]c(C(F)(F)F)nc2c1CN(Cc1ccc(-c3ccc4c(c3)OCO4)nc1)CC2. The molecule has 0 aliphatic carbocycles. The van der Waals surface area contributed by atoms with Crippen LogP contribution in [0.3, 0.4) is 0 Å². The minimum Gasteiger partial charge on any atom is -0.454 e. The average molecular weight is 430 g/mol. The number of H-pyrrole nitrogens is 1. The van der Waals surface area contributed by atoms with Crippen molar-refractivity contribution in [3.8, 4) is 22.8 Å². The predicted octanol–water partition coefficient (Wildman–Crippen LogP) is 3.14. The molecule has 0 unspecified atom stereocenters. The fraction of sp³-hybridized carbons (Fsp3) is 0.286. The number of nitrogens with zero attached hydrogens (tertiary/aromatic N) is 3. The monoisotopic (exact) mass is 430 g/mol. The molecule has 10 heteroatoms. The quantitative estimate of drug-likeness (QED) is 0.688. The van der Waals surface area contributed by atoms with Gasteiger partial charge in [-0.2, -0.15) is 13.2 Å². The average Bonchev–Trinajstić information content (AvgIpc) is 3.22. The molecule has 0 radical (unpaired) electrons. The normalized spacial score (nSPS) is 15.7. The van der Waals surface area contributed by atoms with Gasteiger partial charge in [-0.1, -0.05) is 6.07 Å². The molecule has 1 N–H and O–H groups in total. The number of pyridine rings is 1.